The Balaban J connectivity index is 2.11. The van der Waals surface area contributed by atoms with Gasteiger partial charge in [-0.25, -0.2) is 0 Å². The minimum absolute atomic E-state index is 0.106. The van der Waals surface area contributed by atoms with Gasteiger partial charge in [0.2, 0.25) is 0 Å². The lowest BCUT2D eigenvalue weighted by Crippen LogP contribution is -2.30. The molecular weight excluding hydrogens is 414 g/mol. The standard InChI is InChI=1S/C24H29NO5S/c1-4-7-8-13-25-21(19-10-9-14-31-19)20(23(27)24(25)28)22(26)17-12-11-16(29-5-2)15-18(17)30-6-3/h9-12,14-15,21,26H,4-8,13H2,1-3H3/b22-20-. The van der Waals surface area contributed by atoms with E-state index in [2.05, 4.69) is 6.92 Å². The minimum atomic E-state index is -0.663. The molecule has 7 heteroatoms. The van der Waals surface area contributed by atoms with Gasteiger partial charge in [-0.3, -0.25) is 9.59 Å². The second kappa shape index (κ2) is 10.5. The minimum Gasteiger partial charge on any atom is -0.507 e. The molecule has 2 heterocycles. The normalized spacial score (nSPS) is 17.9. The molecule has 0 radical (unpaired) electrons. The van der Waals surface area contributed by atoms with Crippen LogP contribution in [0.4, 0.5) is 0 Å². The number of carbonyl (C=O) groups excluding carboxylic acids is 2. The van der Waals surface area contributed by atoms with Gasteiger partial charge < -0.3 is 19.5 Å². The number of rotatable bonds is 10. The Hall–Kier alpha value is -2.80. The van der Waals surface area contributed by atoms with Crippen molar-refractivity contribution < 1.29 is 24.2 Å². The van der Waals surface area contributed by atoms with Crippen molar-refractivity contribution in [3.8, 4) is 11.5 Å². The summed E-state index contributed by atoms with van der Waals surface area (Å²) in [5.74, 6) is -0.435. The number of nitrogens with zero attached hydrogens (tertiary/aromatic N) is 1. The first-order chi connectivity index (χ1) is 15.0. The Kier molecular flexibility index (Phi) is 7.74. The summed E-state index contributed by atoms with van der Waals surface area (Å²) in [5.41, 5.74) is 0.479. The molecule has 1 atom stereocenters. The van der Waals surface area contributed by atoms with E-state index in [-0.39, 0.29) is 11.3 Å². The number of aliphatic hydroxyl groups excluding tert-OH is 1. The SMILES string of the molecule is CCCCCN1C(=O)C(=O)/C(=C(\O)c2ccc(OCC)cc2OCC)C1c1cccs1. The summed E-state index contributed by atoms with van der Waals surface area (Å²) in [6.07, 6.45) is 2.78. The highest BCUT2D eigenvalue weighted by atomic mass is 32.1. The number of aliphatic hydroxyl groups is 1. The van der Waals surface area contributed by atoms with Gasteiger partial charge in [0.1, 0.15) is 17.3 Å². The van der Waals surface area contributed by atoms with Crippen LogP contribution in [0.1, 0.15) is 56.5 Å². The van der Waals surface area contributed by atoms with Crippen LogP contribution >= 0.6 is 11.3 Å². The van der Waals surface area contributed by atoms with Crippen LogP contribution in [0.3, 0.4) is 0 Å². The molecule has 1 fully saturated rings. The van der Waals surface area contributed by atoms with E-state index >= 15 is 0 Å². The maximum Gasteiger partial charge on any atom is 0.295 e. The third kappa shape index (κ3) is 4.77. The molecule has 3 rings (SSSR count). The predicted molar refractivity (Wildman–Crippen MR) is 122 cm³/mol. The largest absolute Gasteiger partial charge is 0.507 e. The summed E-state index contributed by atoms with van der Waals surface area (Å²) < 4.78 is 11.3. The fourth-order valence-electron chi connectivity index (χ4n) is 3.76. The van der Waals surface area contributed by atoms with Crippen molar-refractivity contribution in [2.24, 2.45) is 0 Å². The Morgan fingerprint density at radius 1 is 1.10 bits per heavy atom. The molecule has 2 aromatic rings. The molecule has 1 aromatic carbocycles. The summed E-state index contributed by atoms with van der Waals surface area (Å²) >= 11 is 1.46. The number of hydrogen-bond donors (Lipinski definition) is 1. The lowest BCUT2D eigenvalue weighted by Gasteiger charge is -2.24. The highest BCUT2D eigenvalue weighted by Crippen LogP contribution is 2.43. The van der Waals surface area contributed by atoms with Gasteiger partial charge in [0.15, 0.2) is 0 Å². The van der Waals surface area contributed by atoms with E-state index < -0.39 is 17.7 Å². The highest BCUT2D eigenvalue weighted by molar-refractivity contribution is 7.10. The number of Topliss-reactive ketones (excluding diaryl/α,β-unsaturated/α-hetero) is 1. The number of benzene rings is 1. The molecular formula is C24H29NO5S. The molecule has 1 saturated heterocycles. The van der Waals surface area contributed by atoms with Crippen LogP contribution in [0.5, 0.6) is 11.5 Å². The summed E-state index contributed by atoms with van der Waals surface area (Å²) in [5, 5.41) is 13.2. The first kappa shape index (κ1) is 22.9. The zero-order chi connectivity index (χ0) is 22.4. The van der Waals surface area contributed by atoms with Gasteiger partial charge in [-0.2, -0.15) is 0 Å². The Morgan fingerprint density at radius 2 is 1.87 bits per heavy atom. The van der Waals surface area contributed by atoms with Gasteiger partial charge in [-0.1, -0.05) is 25.8 Å². The van der Waals surface area contributed by atoms with Crippen molar-refractivity contribution in [3.05, 3.63) is 51.7 Å². The molecule has 1 amide bonds. The zero-order valence-electron chi connectivity index (χ0n) is 18.2. The van der Waals surface area contributed by atoms with Gasteiger partial charge in [0, 0.05) is 17.5 Å². The third-order valence-electron chi connectivity index (χ3n) is 5.17. The van der Waals surface area contributed by atoms with Crippen LogP contribution in [0.2, 0.25) is 0 Å². The monoisotopic (exact) mass is 443 g/mol. The summed E-state index contributed by atoms with van der Waals surface area (Å²) in [7, 11) is 0. The molecule has 6 nitrogen and oxygen atoms in total. The molecule has 1 N–H and O–H groups in total. The number of thiophene rings is 1. The smallest absolute Gasteiger partial charge is 0.295 e. The maximum absolute atomic E-state index is 13.0. The van der Waals surface area contributed by atoms with Crippen LogP contribution in [0.25, 0.3) is 5.76 Å². The van der Waals surface area contributed by atoms with Crippen LogP contribution in [-0.4, -0.2) is 41.5 Å². The number of ether oxygens (including phenoxy) is 2. The molecule has 0 spiro atoms. The fraction of sp³-hybridized carbons (Fsp3) is 0.417. The van der Waals surface area contributed by atoms with E-state index in [1.165, 1.54) is 11.3 Å². The van der Waals surface area contributed by atoms with E-state index in [4.69, 9.17) is 9.47 Å². The lowest BCUT2D eigenvalue weighted by atomic mass is 9.99. The Bertz CT molecular complexity index is 951. The number of carbonyl (C=O) groups is 2. The maximum atomic E-state index is 13.0. The molecule has 1 aromatic heterocycles. The third-order valence-corrected chi connectivity index (χ3v) is 6.10. The molecule has 1 aliphatic rings. The van der Waals surface area contributed by atoms with Crippen molar-refractivity contribution in [3.63, 3.8) is 0 Å². The summed E-state index contributed by atoms with van der Waals surface area (Å²) in [6.45, 7) is 7.17. The molecule has 0 saturated carbocycles. The first-order valence-electron chi connectivity index (χ1n) is 10.7. The van der Waals surface area contributed by atoms with E-state index in [9.17, 15) is 14.7 Å². The second-order valence-electron chi connectivity index (χ2n) is 7.24. The average Bonchev–Trinajstić information content (AvgIpc) is 3.37. The molecule has 0 aliphatic carbocycles. The highest BCUT2D eigenvalue weighted by Gasteiger charge is 2.46. The first-order valence-corrected chi connectivity index (χ1v) is 11.6. The van der Waals surface area contributed by atoms with Crippen LogP contribution in [0, 0.1) is 0 Å². The van der Waals surface area contributed by atoms with Gasteiger partial charge in [0.05, 0.1) is 30.4 Å². The van der Waals surface area contributed by atoms with Gasteiger partial charge >= 0.3 is 0 Å². The van der Waals surface area contributed by atoms with E-state index in [1.807, 2.05) is 31.4 Å². The molecule has 31 heavy (non-hydrogen) atoms. The van der Waals surface area contributed by atoms with Crippen molar-refractivity contribution >= 4 is 28.8 Å². The van der Waals surface area contributed by atoms with E-state index in [1.54, 1.807) is 23.1 Å². The molecule has 1 unspecified atom stereocenters. The topological polar surface area (TPSA) is 76.1 Å². The number of likely N-dealkylation sites (tertiary alicyclic amines) is 1. The number of unbranched alkanes of at least 4 members (excludes halogenated alkanes) is 2. The average molecular weight is 444 g/mol. The second-order valence-corrected chi connectivity index (χ2v) is 8.22. The quantitative estimate of drug-likeness (QED) is 0.238. The number of amides is 1. The van der Waals surface area contributed by atoms with E-state index in [0.29, 0.717) is 36.8 Å². The summed E-state index contributed by atoms with van der Waals surface area (Å²) in [6, 6.07) is 8.26. The van der Waals surface area contributed by atoms with Crippen LogP contribution in [-0.2, 0) is 9.59 Å². The van der Waals surface area contributed by atoms with Crippen molar-refractivity contribution in [2.75, 3.05) is 19.8 Å². The van der Waals surface area contributed by atoms with Crippen LogP contribution < -0.4 is 9.47 Å². The lowest BCUT2D eigenvalue weighted by molar-refractivity contribution is -0.139. The number of ketones is 1. The van der Waals surface area contributed by atoms with Gasteiger partial charge in [-0.15, -0.1) is 11.3 Å². The van der Waals surface area contributed by atoms with Crippen LogP contribution in [0.15, 0.2) is 41.3 Å². The Labute approximate surface area is 187 Å². The van der Waals surface area contributed by atoms with Gasteiger partial charge in [-0.05, 0) is 43.8 Å². The number of hydrogen-bond acceptors (Lipinski definition) is 6. The molecule has 166 valence electrons. The summed E-state index contributed by atoms with van der Waals surface area (Å²) in [4.78, 5) is 28.4. The fourth-order valence-corrected chi connectivity index (χ4v) is 4.61. The van der Waals surface area contributed by atoms with Crippen molar-refractivity contribution in [2.45, 2.75) is 46.1 Å². The van der Waals surface area contributed by atoms with E-state index in [0.717, 1.165) is 24.1 Å². The molecule has 0 bridgehead atoms. The van der Waals surface area contributed by atoms with Crippen molar-refractivity contribution in [1.82, 2.24) is 4.90 Å². The predicted octanol–water partition coefficient (Wildman–Crippen LogP) is 5.16. The Morgan fingerprint density at radius 3 is 2.52 bits per heavy atom. The molecule has 1 aliphatic heterocycles. The zero-order valence-corrected chi connectivity index (χ0v) is 19.0. The van der Waals surface area contributed by atoms with Crippen molar-refractivity contribution in [1.29, 1.82) is 0 Å². The van der Waals surface area contributed by atoms with Gasteiger partial charge in [0.25, 0.3) is 11.7 Å².